The number of nitrogens with zero attached hydrogens (tertiary/aromatic N) is 2. The van der Waals surface area contributed by atoms with Crippen LogP contribution < -0.4 is 20.5 Å². The predicted octanol–water partition coefficient (Wildman–Crippen LogP) is 5.45. The number of carbonyl (C=O) groups is 2. The Morgan fingerprint density at radius 2 is 1.96 bits per heavy atom. The molecule has 5 rings (SSSR count). The second-order valence-corrected chi connectivity index (χ2v) is 11.3. The number of amides is 2. The molecule has 2 amide bonds. The lowest BCUT2D eigenvalue weighted by molar-refractivity contribution is -0.117. The van der Waals surface area contributed by atoms with Gasteiger partial charge in [-0.1, -0.05) is 11.6 Å². The van der Waals surface area contributed by atoms with Gasteiger partial charge in [-0.05, 0) is 80.6 Å². The number of ether oxygens (including phenoxy) is 2. The fourth-order valence-electron chi connectivity index (χ4n) is 5.26. The maximum absolute atomic E-state index is 15.1. The van der Waals surface area contributed by atoms with Crippen LogP contribution in [0.15, 0.2) is 48.7 Å². The number of aromatic nitrogens is 2. The van der Waals surface area contributed by atoms with E-state index in [1.54, 1.807) is 19.9 Å². The lowest BCUT2D eigenvalue weighted by Crippen LogP contribution is -2.43. The Hall–Kier alpha value is -4.42. The van der Waals surface area contributed by atoms with Crippen molar-refractivity contribution in [3.63, 3.8) is 0 Å². The summed E-state index contributed by atoms with van der Waals surface area (Å²) in [5, 5.41) is 15.4. The quantitative estimate of drug-likeness (QED) is 0.187. The molecule has 2 aromatic heterocycles. The van der Waals surface area contributed by atoms with Crippen LogP contribution in [0.5, 0.6) is 11.5 Å². The molecule has 45 heavy (non-hydrogen) atoms. The highest BCUT2D eigenvalue weighted by Gasteiger charge is 2.47. The third-order valence-corrected chi connectivity index (χ3v) is 7.70. The van der Waals surface area contributed by atoms with Crippen molar-refractivity contribution in [2.75, 3.05) is 13.2 Å². The van der Waals surface area contributed by atoms with Crippen LogP contribution in [0, 0.1) is 18.7 Å². The number of aliphatic hydroxyl groups is 1. The van der Waals surface area contributed by atoms with Gasteiger partial charge < -0.3 is 25.6 Å². The monoisotopic (exact) mass is 642 g/mol. The molecule has 0 spiro atoms. The number of hydrogen-bond donors (Lipinski definition) is 3. The minimum atomic E-state index is -3.14. The summed E-state index contributed by atoms with van der Waals surface area (Å²) in [6, 6.07) is 9.67. The van der Waals surface area contributed by atoms with Gasteiger partial charge in [0.15, 0.2) is 5.75 Å². The number of hydrogen-bond acceptors (Lipinski definition) is 7. The van der Waals surface area contributed by atoms with Gasteiger partial charge in [0.2, 0.25) is 5.91 Å². The number of nitrogens with two attached hydrogens (primary N) is 1. The average molecular weight is 643 g/mol. The van der Waals surface area contributed by atoms with Crippen LogP contribution in [0.2, 0.25) is 5.02 Å². The lowest BCUT2D eigenvalue weighted by atomic mass is 9.90. The number of fused-ring (bicyclic) bond motifs is 1. The molecule has 1 fully saturated rings. The van der Waals surface area contributed by atoms with Crippen molar-refractivity contribution in [3.05, 3.63) is 81.9 Å². The SMILES string of the molecule is CCOc1c(CC(N)=O)cc([C@@](O)(CNC(=O)c2cc(OC(F)F)c3ncc(C)cc3c2)C2CC2)nc1-c1cc(Cl)ccc1F. The predicted molar refractivity (Wildman–Crippen MR) is 161 cm³/mol. The highest BCUT2D eigenvalue weighted by Crippen LogP contribution is 2.47. The zero-order chi connectivity index (χ0) is 32.5. The number of primary amides is 1. The molecule has 4 N–H and O–H groups in total. The van der Waals surface area contributed by atoms with Gasteiger partial charge in [0.1, 0.15) is 28.4 Å². The van der Waals surface area contributed by atoms with E-state index in [9.17, 15) is 23.5 Å². The van der Waals surface area contributed by atoms with Crippen LogP contribution in [0.4, 0.5) is 13.2 Å². The first kappa shape index (κ1) is 32.0. The van der Waals surface area contributed by atoms with Crippen LogP contribution in [-0.2, 0) is 16.8 Å². The summed E-state index contributed by atoms with van der Waals surface area (Å²) in [5.41, 5.74) is 4.96. The Morgan fingerprint density at radius 1 is 1.20 bits per heavy atom. The summed E-state index contributed by atoms with van der Waals surface area (Å²) >= 11 is 6.18. The van der Waals surface area contributed by atoms with Gasteiger partial charge in [-0.2, -0.15) is 8.78 Å². The zero-order valence-electron chi connectivity index (χ0n) is 24.4. The van der Waals surface area contributed by atoms with Crippen molar-refractivity contribution in [1.29, 1.82) is 0 Å². The Balaban J connectivity index is 1.56. The molecule has 236 valence electrons. The number of pyridine rings is 2. The molecule has 0 unspecified atom stereocenters. The van der Waals surface area contributed by atoms with Crippen LogP contribution in [0.1, 0.15) is 46.9 Å². The summed E-state index contributed by atoms with van der Waals surface area (Å²) in [5.74, 6) is -2.56. The molecule has 0 radical (unpaired) electrons. The van der Waals surface area contributed by atoms with E-state index in [-0.39, 0.29) is 75.6 Å². The molecule has 1 aliphatic rings. The van der Waals surface area contributed by atoms with Crippen molar-refractivity contribution in [1.82, 2.24) is 15.3 Å². The molecule has 4 aromatic rings. The molecule has 2 heterocycles. The number of alkyl halides is 2. The van der Waals surface area contributed by atoms with E-state index in [1.165, 1.54) is 30.5 Å². The Labute approximate surface area is 261 Å². The number of aryl methyl sites for hydroxylation is 1. The topological polar surface area (TPSA) is 137 Å². The summed E-state index contributed by atoms with van der Waals surface area (Å²) in [6.45, 7) is 0.136. The number of rotatable bonds is 12. The van der Waals surface area contributed by atoms with Crippen molar-refractivity contribution in [2.24, 2.45) is 11.7 Å². The molecule has 2 aromatic carbocycles. The lowest BCUT2D eigenvalue weighted by Gasteiger charge is -2.30. The smallest absolute Gasteiger partial charge is 0.387 e. The third-order valence-electron chi connectivity index (χ3n) is 7.46. The molecule has 1 aliphatic carbocycles. The van der Waals surface area contributed by atoms with E-state index in [0.29, 0.717) is 18.2 Å². The number of halogens is 4. The van der Waals surface area contributed by atoms with Gasteiger partial charge in [0.05, 0.1) is 25.3 Å². The highest BCUT2D eigenvalue weighted by atomic mass is 35.5. The average Bonchev–Trinajstić information content (AvgIpc) is 3.83. The normalized spacial score (nSPS) is 14.3. The van der Waals surface area contributed by atoms with Crippen molar-refractivity contribution >= 4 is 34.3 Å². The fraction of sp³-hybridized carbons (Fsp3) is 0.312. The molecule has 0 aliphatic heterocycles. The molecule has 9 nitrogen and oxygen atoms in total. The first-order chi connectivity index (χ1) is 21.4. The summed E-state index contributed by atoms with van der Waals surface area (Å²) in [6.07, 6.45) is 2.39. The van der Waals surface area contributed by atoms with Crippen LogP contribution in [0.3, 0.4) is 0 Å². The molecular weight excluding hydrogens is 613 g/mol. The highest BCUT2D eigenvalue weighted by molar-refractivity contribution is 6.30. The Bertz CT molecular complexity index is 1790. The van der Waals surface area contributed by atoms with Crippen LogP contribution in [0.25, 0.3) is 22.2 Å². The Kier molecular flexibility index (Phi) is 9.17. The number of nitrogens with one attached hydrogen (secondary N) is 1. The molecule has 0 saturated heterocycles. The van der Waals surface area contributed by atoms with Crippen molar-refractivity contribution in [2.45, 2.75) is 45.3 Å². The van der Waals surface area contributed by atoms with Crippen molar-refractivity contribution < 1.29 is 37.3 Å². The molecule has 1 atom stereocenters. The first-order valence-electron chi connectivity index (χ1n) is 14.2. The van der Waals surface area contributed by atoms with E-state index in [2.05, 4.69) is 20.0 Å². The maximum Gasteiger partial charge on any atom is 0.387 e. The largest absolute Gasteiger partial charge is 0.491 e. The maximum atomic E-state index is 15.1. The number of benzene rings is 2. The molecule has 0 bridgehead atoms. The summed E-state index contributed by atoms with van der Waals surface area (Å²) in [7, 11) is 0. The fourth-order valence-corrected chi connectivity index (χ4v) is 5.43. The Morgan fingerprint density at radius 3 is 2.62 bits per heavy atom. The standard InChI is InChI=1S/C32H30ClF3N4O5/c1-3-44-29-18(12-26(37)41)11-25(40-28(29)22-13-21(33)6-7-23(22)34)32(43,20-4-5-20)15-39-30(42)19-9-17-8-16(2)14-38-27(17)24(10-19)45-31(35)36/h6-11,13-14,20,31,43H,3-5,12,15H2,1-2H3,(H2,37,41)(H,39,42)/t32-/m1/s1. The summed E-state index contributed by atoms with van der Waals surface area (Å²) < 4.78 is 51.9. The third kappa shape index (κ3) is 6.97. The second-order valence-electron chi connectivity index (χ2n) is 10.9. The zero-order valence-corrected chi connectivity index (χ0v) is 25.1. The first-order valence-corrected chi connectivity index (χ1v) is 14.5. The number of carbonyl (C=O) groups excluding carboxylic acids is 2. The van der Waals surface area contributed by atoms with E-state index in [1.807, 2.05) is 0 Å². The minimum Gasteiger partial charge on any atom is -0.491 e. The van der Waals surface area contributed by atoms with E-state index in [4.69, 9.17) is 22.1 Å². The van der Waals surface area contributed by atoms with E-state index >= 15 is 4.39 Å². The van der Waals surface area contributed by atoms with Crippen LogP contribution >= 0.6 is 11.6 Å². The second kappa shape index (κ2) is 12.9. The summed E-state index contributed by atoms with van der Waals surface area (Å²) in [4.78, 5) is 34.2. The van der Waals surface area contributed by atoms with Gasteiger partial charge >= 0.3 is 6.61 Å². The van der Waals surface area contributed by atoms with Crippen molar-refractivity contribution in [3.8, 4) is 22.8 Å². The van der Waals surface area contributed by atoms with Gasteiger partial charge in [0, 0.05) is 33.3 Å². The van der Waals surface area contributed by atoms with Gasteiger partial charge in [0.25, 0.3) is 5.91 Å². The molecular formula is C32H30ClF3N4O5. The van der Waals surface area contributed by atoms with E-state index < -0.39 is 29.8 Å². The van der Waals surface area contributed by atoms with Gasteiger partial charge in [-0.15, -0.1) is 0 Å². The van der Waals surface area contributed by atoms with Gasteiger partial charge in [-0.25, -0.2) is 9.37 Å². The molecule has 13 heteroatoms. The minimum absolute atomic E-state index is 0.000505. The van der Waals surface area contributed by atoms with E-state index in [0.717, 1.165) is 17.7 Å². The van der Waals surface area contributed by atoms with Gasteiger partial charge in [-0.3, -0.25) is 14.6 Å². The molecule has 1 saturated carbocycles. The van der Waals surface area contributed by atoms with Crippen LogP contribution in [-0.4, -0.2) is 46.7 Å².